The highest BCUT2D eigenvalue weighted by Crippen LogP contribution is 2.36. The van der Waals surface area contributed by atoms with Gasteiger partial charge in [0.25, 0.3) is 3.79 Å². The van der Waals surface area contributed by atoms with E-state index in [1.165, 1.54) is 12.1 Å². The van der Waals surface area contributed by atoms with Gasteiger partial charge in [0.2, 0.25) is 5.78 Å². The number of Topliss-reactive ketones (excluding diaryl/α,β-unsaturated/α-hetero) is 1. The van der Waals surface area contributed by atoms with E-state index in [-0.39, 0.29) is 0 Å². The number of hydrogen-bond donors (Lipinski definition) is 0. The highest BCUT2D eigenvalue weighted by Gasteiger charge is 2.45. The Morgan fingerprint density at radius 3 is 2.16 bits per heavy atom. The van der Waals surface area contributed by atoms with Gasteiger partial charge in [-0.05, 0) is 12.1 Å². The molecule has 0 N–H and O–H groups in total. The Hall–Kier alpha value is -0.720. The molecule has 0 aliphatic rings. The van der Waals surface area contributed by atoms with Crippen LogP contribution in [-0.4, -0.2) is 22.1 Å². The standard InChI is InChI=1S/C10H5Cl3F4O2/c11-9(12,13)7(18)5-3-1-2-4-6(5)19-10(16,17)8(14)15/h1-4,8H. The minimum atomic E-state index is -4.76. The molecule has 1 aromatic carbocycles. The summed E-state index contributed by atoms with van der Waals surface area (Å²) in [6.45, 7) is 0. The van der Waals surface area contributed by atoms with Crippen molar-refractivity contribution in [3.63, 3.8) is 0 Å². The van der Waals surface area contributed by atoms with Crippen molar-refractivity contribution in [2.45, 2.75) is 16.3 Å². The van der Waals surface area contributed by atoms with Crippen LogP contribution in [0.3, 0.4) is 0 Å². The largest absolute Gasteiger partial charge is 0.461 e. The number of alkyl halides is 7. The number of para-hydroxylation sites is 1. The first-order valence-electron chi connectivity index (χ1n) is 4.61. The number of benzene rings is 1. The van der Waals surface area contributed by atoms with Crippen molar-refractivity contribution in [3.8, 4) is 5.75 Å². The predicted octanol–water partition coefficient (Wildman–Crippen LogP) is 4.48. The van der Waals surface area contributed by atoms with Crippen LogP contribution in [0.1, 0.15) is 10.4 Å². The molecule has 9 heteroatoms. The molecule has 0 atom stereocenters. The quantitative estimate of drug-likeness (QED) is 0.459. The average Bonchev–Trinajstić information content (AvgIpc) is 2.27. The van der Waals surface area contributed by atoms with Crippen molar-refractivity contribution < 1.29 is 27.1 Å². The van der Waals surface area contributed by atoms with Crippen molar-refractivity contribution in [3.05, 3.63) is 29.8 Å². The second-order valence-electron chi connectivity index (χ2n) is 3.29. The van der Waals surface area contributed by atoms with Crippen LogP contribution >= 0.6 is 34.8 Å². The molecule has 0 amide bonds. The number of ketones is 1. The lowest BCUT2D eigenvalue weighted by molar-refractivity contribution is -0.253. The van der Waals surface area contributed by atoms with E-state index in [2.05, 4.69) is 4.74 Å². The van der Waals surface area contributed by atoms with Crippen LogP contribution in [-0.2, 0) is 0 Å². The topological polar surface area (TPSA) is 26.3 Å². The lowest BCUT2D eigenvalue weighted by Gasteiger charge is -2.19. The zero-order valence-corrected chi connectivity index (χ0v) is 11.1. The van der Waals surface area contributed by atoms with E-state index in [9.17, 15) is 22.4 Å². The number of ether oxygens (including phenoxy) is 1. The maximum Gasteiger partial charge on any atom is 0.461 e. The van der Waals surface area contributed by atoms with E-state index in [0.717, 1.165) is 12.1 Å². The monoisotopic (exact) mass is 338 g/mol. The summed E-state index contributed by atoms with van der Waals surface area (Å²) in [6.07, 6.45) is -8.83. The maximum atomic E-state index is 12.8. The zero-order chi connectivity index (χ0) is 14.8. The smallest absolute Gasteiger partial charge is 0.428 e. The summed E-state index contributed by atoms with van der Waals surface area (Å²) >= 11 is 15.9. The van der Waals surface area contributed by atoms with E-state index < -0.39 is 33.4 Å². The third kappa shape index (κ3) is 4.12. The SMILES string of the molecule is O=C(c1ccccc1OC(F)(F)C(F)F)C(Cl)(Cl)Cl. The first-order valence-corrected chi connectivity index (χ1v) is 5.74. The Morgan fingerprint density at radius 1 is 1.16 bits per heavy atom. The fraction of sp³-hybridized carbons (Fsp3) is 0.300. The molecule has 0 heterocycles. The van der Waals surface area contributed by atoms with E-state index in [1.54, 1.807) is 0 Å². The molecule has 0 saturated heterocycles. The molecule has 0 radical (unpaired) electrons. The number of carbonyl (C=O) groups excluding carboxylic acids is 1. The molecule has 2 nitrogen and oxygen atoms in total. The van der Waals surface area contributed by atoms with Crippen molar-refractivity contribution in [1.82, 2.24) is 0 Å². The summed E-state index contributed by atoms with van der Waals surface area (Å²) in [6, 6.07) is 4.38. The van der Waals surface area contributed by atoms with Crippen LogP contribution in [0.25, 0.3) is 0 Å². The van der Waals surface area contributed by atoms with Gasteiger partial charge in [-0.1, -0.05) is 46.9 Å². The predicted molar refractivity (Wildman–Crippen MR) is 62.6 cm³/mol. The van der Waals surface area contributed by atoms with Crippen LogP contribution in [0.2, 0.25) is 0 Å². The number of hydrogen-bond acceptors (Lipinski definition) is 2. The highest BCUT2D eigenvalue weighted by atomic mass is 35.6. The van der Waals surface area contributed by atoms with Crippen molar-refractivity contribution in [1.29, 1.82) is 0 Å². The van der Waals surface area contributed by atoms with Gasteiger partial charge < -0.3 is 4.74 Å². The van der Waals surface area contributed by atoms with Crippen LogP contribution < -0.4 is 4.74 Å². The van der Waals surface area contributed by atoms with Crippen LogP contribution in [0.15, 0.2) is 24.3 Å². The number of carbonyl (C=O) groups is 1. The highest BCUT2D eigenvalue weighted by molar-refractivity contribution is 6.77. The molecule has 106 valence electrons. The summed E-state index contributed by atoms with van der Waals surface area (Å²) in [4.78, 5) is 11.6. The van der Waals surface area contributed by atoms with Crippen LogP contribution in [0.5, 0.6) is 5.75 Å². The van der Waals surface area contributed by atoms with Crippen molar-refractivity contribution in [2.75, 3.05) is 0 Å². The van der Waals surface area contributed by atoms with Gasteiger partial charge in [-0.15, -0.1) is 0 Å². The second kappa shape index (κ2) is 5.73. The number of halogens is 7. The summed E-state index contributed by atoms with van der Waals surface area (Å²) in [5.74, 6) is -1.97. The summed E-state index contributed by atoms with van der Waals surface area (Å²) in [5.41, 5.74) is -0.539. The normalized spacial score (nSPS) is 12.6. The molecule has 0 saturated carbocycles. The fourth-order valence-electron chi connectivity index (χ4n) is 1.09. The molecule has 19 heavy (non-hydrogen) atoms. The summed E-state index contributed by atoms with van der Waals surface area (Å²) < 4.78 is 51.0. The Kier molecular flexibility index (Phi) is 4.92. The maximum absolute atomic E-state index is 12.8. The summed E-state index contributed by atoms with van der Waals surface area (Å²) in [7, 11) is 0. The van der Waals surface area contributed by atoms with Crippen molar-refractivity contribution in [2.24, 2.45) is 0 Å². The minimum absolute atomic E-state index is 0.539. The van der Waals surface area contributed by atoms with Gasteiger partial charge in [-0.25, -0.2) is 0 Å². The van der Waals surface area contributed by atoms with Gasteiger partial charge in [0.05, 0.1) is 5.56 Å². The Morgan fingerprint density at radius 2 is 1.68 bits per heavy atom. The molecule has 0 aromatic heterocycles. The van der Waals surface area contributed by atoms with Crippen molar-refractivity contribution >= 4 is 40.6 Å². The van der Waals surface area contributed by atoms with E-state index in [0.29, 0.717) is 0 Å². The molecule has 0 fully saturated rings. The lowest BCUT2D eigenvalue weighted by atomic mass is 10.1. The molecule has 1 rings (SSSR count). The molecule has 0 unspecified atom stereocenters. The molecular weight excluding hydrogens is 334 g/mol. The molecule has 1 aromatic rings. The Balaban J connectivity index is 3.14. The number of rotatable bonds is 4. The third-order valence-electron chi connectivity index (χ3n) is 1.89. The molecule has 0 aliphatic heterocycles. The second-order valence-corrected chi connectivity index (χ2v) is 5.57. The minimum Gasteiger partial charge on any atom is -0.428 e. The van der Waals surface area contributed by atoms with Gasteiger partial charge in [-0.2, -0.15) is 17.6 Å². The van der Waals surface area contributed by atoms with Gasteiger partial charge in [0.1, 0.15) is 5.75 Å². The van der Waals surface area contributed by atoms with Gasteiger partial charge in [-0.3, -0.25) is 4.79 Å². The third-order valence-corrected chi connectivity index (χ3v) is 2.40. The van der Waals surface area contributed by atoms with Crippen LogP contribution in [0, 0.1) is 0 Å². The zero-order valence-electron chi connectivity index (χ0n) is 8.85. The fourth-order valence-corrected chi connectivity index (χ4v) is 1.39. The first kappa shape index (κ1) is 16.3. The van der Waals surface area contributed by atoms with Crippen LogP contribution in [0.4, 0.5) is 17.6 Å². The van der Waals surface area contributed by atoms with E-state index in [4.69, 9.17) is 34.8 Å². The first-order chi connectivity index (χ1) is 8.55. The average molecular weight is 339 g/mol. The lowest BCUT2D eigenvalue weighted by Crippen LogP contribution is -2.34. The summed E-state index contributed by atoms with van der Waals surface area (Å²) in [5, 5.41) is 0. The Bertz CT molecular complexity index is 474. The van der Waals surface area contributed by atoms with E-state index >= 15 is 0 Å². The molecule has 0 aliphatic carbocycles. The van der Waals surface area contributed by atoms with Gasteiger partial charge >= 0.3 is 12.5 Å². The Labute approximate surface area is 120 Å². The van der Waals surface area contributed by atoms with Gasteiger partial charge in [0.15, 0.2) is 0 Å². The van der Waals surface area contributed by atoms with Gasteiger partial charge in [0, 0.05) is 0 Å². The molecule has 0 spiro atoms. The molecule has 0 bridgehead atoms. The van der Waals surface area contributed by atoms with E-state index in [1.807, 2.05) is 0 Å². The molecular formula is C10H5Cl3F4O2.